The van der Waals surface area contributed by atoms with E-state index in [-0.39, 0.29) is 23.6 Å². The van der Waals surface area contributed by atoms with Crippen LogP contribution in [-0.4, -0.2) is 11.0 Å². The van der Waals surface area contributed by atoms with Gasteiger partial charge in [-0.3, -0.25) is 9.78 Å². The van der Waals surface area contributed by atoms with E-state index in [2.05, 4.69) is 27.7 Å². The standard InChI is InChI=1S/C22H28FNO2/c1-7-20(25)26-15(6)21-18(16-8-10-17(23)11-9-16)12-19(13(2)3)24-22(21)14(4)5/h8-15H,7H2,1-6H3. The van der Waals surface area contributed by atoms with Crippen molar-refractivity contribution in [3.8, 4) is 11.1 Å². The number of pyridine rings is 1. The highest BCUT2D eigenvalue weighted by Crippen LogP contribution is 2.37. The summed E-state index contributed by atoms with van der Waals surface area (Å²) in [5.41, 5.74) is 4.64. The summed E-state index contributed by atoms with van der Waals surface area (Å²) >= 11 is 0. The summed E-state index contributed by atoms with van der Waals surface area (Å²) in [5, 5.41) is 0. The van der Waals surface area contributed by atoms with Crippen LogP contribution in [0.2, 0.25) is 0 Å². The van der Waals surface area contributed by atoms with Gasteiger partial charge in [0.2, 0.25) is 0 Å². The number of benzene rings is 1. The van der Waals surface area contributed by atoms with Gasteiger partial charge in [-0.05, 0) is 48.1 Å². The number of esters is 1. The maximum Gasteiger partial charge on any atom is 0.306 e. The SMILES string of the molecule is CCC(=O)OC(C)c1c(-c2ccc(F)cc2)cc(C(C)C)nc1C(C)C. The zero-order chi connectivity index (χ0) is 19.4. The summed E-state index contributed by atoms with van der Waals surface area (Å²) in [6.45, 7) is 12.0. The fraction of sp³-hybridized carbons (Fsp3) is 0.455. The Balaban J connectivity index is 2.71. The summed E-state index contributed by atoms with van der Waals surface area (Å²) in [6, 6.07) is 8.46. The normalized spacial score (nSPS) is 12.5. The van der Waals surface area contributed by atoms with Crippen molar-refractivity contribution < 1.29 is 13.9 Å². The average molecular weight is 357 g/mol. The summed E-state index contributed by atoms with van der Waals surface area (Å²) < 4.78 is 19.0. The second kappa shape index (κ2) is 8.43. The third-order valence-electron chi connectivity index (χ3n) is 4.40. The Morgan fingerprint density at radius 1 is 1.08 bits per heavy atom. The number of hydrogen-bond acceptors (Lipinski definition) is 3. The van der Waals surface area contributed by atoms with Gasteiger partial charge in [-0.25, -0.2) is 4.39 Å². The average Bonchev–Trinajstić information content (AvgIpc) is 2.60. The number of halogens is 1. The highest BCUT2D eigenvalue weighted by molar-refractivity contribution is 5.72. The van der Waals surface area contributed by atoms with Crippen LogP contribution >= 0.6 is 0 Å². The van der Waals surface area contributed by atoms with E-state index in [1.807, 2.05) is 13.0 Å². The van der Waals surface area contributed by atoms with Crippen molar-refractivity contribution in [2.45, 2.75) is 65.9 Å². The highest BCUT2D eigenvalue weighted by atomic mass is 19.1. The number of ether oxygens (including phenoxy) is 1. The molecule has 0 aliphatic rings. The smallest absolute Gasteiger partial charge is 0.306 e. The van der Waals surface area contributed by atoms with Gasteiger partial charge in [0.25, 0.3) is 0 Å². The molecular formula is C22H28FNO2. The Bertz CT molecular complexity index is 766. The first kappa shape index (κ1) is 20.1. The zero-order valence-electron chi connectivity index (χ0n) is 16.5. The molecule has 3 nitrogen and oxygen atoms in total. The minimum atomic E-state index is -0.423. The lowest BCUT2D eigenvalue weighted by molar-refractivity contribution is -0.148. The van der Waals surface area contributed by atoms with Crippen molar-refractivity contribution in [1.82, 2.24) is 4.98 Å². The van der Waals surface area contributed by atoms with E-state index in [1.165, 1.54) is 12.1 Å². The van der Waals surface area contributed by atoms with Crippen molar-refractivity contribution in [2.75, 3.05) is 0 Å². The predicted octanol–water partition coefficient (Wildman–Crippen LogP) is 6.15. The number of rotatable bonds is 6. The first-order chi connectivity index (χ1) is 12.2. The Labute approximate surface area is 155 Å². The molecule has 0 radical (unpaired) electrons. The number of hydrogen-bond donors (Lipinski definition) is 0. The summed E-state index contributed by atoms with van der Waals surface area (Å²) in [5.74, 6) is -0.0897. The lowest BCUT2D eigenvalue weighted by atomic mass is 9.89. The van der Waals surface area contributed by atoms with E-state index in [0.717, 1.165) is 28.1 Å². The fourth-order valence-corrected chi connectivity index (χ4v) is 2.97. The molecule has 26 heavy (non-hydrogen) atoms. The van der Waals surface area contributed by atoms with Crippen LogP contribution in [0.4, 0.5) is 4.39 Å². The van der Waals surface area contributed by atoms with Crippen LogP contribution in [0.25, 0.3) is 11.1 Å². The van der Waals surface area contributed by atoms with E-state index in [0.29, 0.717) is 6.42 Å². The molecule has 0 saturated heterocycles. The number of aromatic nitrogens is 1. The van der Waals surface area contributed by atoms with Crippen molar-refractivity contribution in [3.05, 3.63) is 53.1 Å². The molecule has 0 fully saturated rings. The van der Waals surface area contributed by atoms with Gasteiger partial charge < -0.3 is 4.74 Å². The van der Waals surface area contributed by atoms with Gasteiger partial charge in [0.15, 0.2) is 0 Å². The Morgan fingerprint density at radius 3 is 2.19 bits per heavy atom. The molecule has 0 amide bonds. The number of carbonyl (C=O) groups excluding carboxylic acids is 1. The third-order valence-corrected chi connectivity index (χ3v) is 4.40. The van der Waals surface area contributed by atoms with E-state index >= 15 is 0 Å². The van der Waals surface area contributed by atoms with Crippen molar-refractivity contribution >= 4 is 5.97 Å². The molecule has 140 valence electrons. The molecule has 1 atom stereocenters. The van der Waals surface area contributed by atoms with Crippen LogP contribution in [0.1, 0.15) is 82.9 Å². The minimum Gasteiger partial charge on any atom is -0.458 e. The molecule has 1 aromatic carbocycles. The van der Waals surface area contributed by atoms with Crippen molar-refractivity contribution in [2.24, 2.45) is 0 Å². The Morgan fingerprint density at radius 2 is 1.69 bits per heavy atom. The van der Waals surface area contributed by atoms with Crippen molar-refractivity contribution in [3.63, 3.8) is 0 Å². The van der Waals surface area contributed by atoms with Crippen LogP contribution in [0.15, 0.2) is 30.3 Å². The van der Waals surface area contributed by atoms with E-state index in [9.17, 15) is 9.18 Å². The molecule has 2 aromatic rings. The molecular weight excluding hydrogens is 329 g/mol. The van der Waals surface area contributed by atoms with Gasteiger partial charge >= 0.3 is 5.97 Å². The molecule has 1 unspecified atom stereocenters. The topological polar surface area (TPSA) is 39.2 Å². The molecule has 0 bridgehead atoms. The van der Waals surface area contributed by atoms with Gasteiger partial charge in [0, 0.05) is 17.7 Å². The van der Waals surface area contributed by atoms with E-state index < -0.39 is 6.10 Å². The lowest BCUT2D eigenvalue weighted by Gasteiger charge is -2.24. The largest absolute Gasteiger partial charge is 0.458 e. The van der Waals surface area contributed by atoms with Crippen LogP contribution in [0.5, 0.6) is 0 Å². The highest BCUT2D eigenvalue weighted by Gasteiger charge is 2.24. The first-order valence-electron chi connectivity index (χ1n) is 9.24. The second-order valence-electron chi connectivity index (χ2n) is 7.20. The van der Waals surface area contributed by atoms with E-state index in [1.54, 1.807) is 19.1 Å². The second-order valence-corrected chi connectivity index (χ2v) is 7.20. The van der Waals surface area contributed by atoms with E-state index in [4.69, 9.17) is 9.72 Å². The molecule has 1 aromatic heterocycles. The minimum absolute atomic E-state index is 0.172. The summed E-state index contributed by atoms with van der Waals surface area (Å²) in [7, 11) is 0. The molecule has 0 spiro atoms. The maximum absolute atomic E-state index is 13.4. The molecule has 2 rings (SSSR count). The molecule has 4 heteroatoms. The number of nitrogens with zero attached hydrogens (tertiary/aromatic N) is 1. The molecule has 0 aliphatic heterocycles. The van der Waals surface area contributed by atoms with Crippen LogP contribution in [0.3, 0.4) is 0 Å². The molecule has 0 N–H and O–H groups in total. The zero-order valence-corrected chi connectivity index (χ0v) is 16.5. The monoisotopic (exact) mass is 357 g/mol. The van der Waals surface area contributed by atoms with Gasteiger partial charge in [0.05, 0.1) is 5.69 Å². The molecule has 0 aliphatic carbocycles. The van der Waals surface area contributed by atoms with Gasteiger partial charge in [-0.1, -0.05) is 46.8 Å². The van der Waals surface area contributed by atoms with Crippen LogP contribution in [-0.2, 0) is 9.53 Å². The predicted molar refractivity (Wildman–Crippen MR) is 103 cm³/mol. The van der Waals surface area contributed by atoms with Gasteiger partial charge in [-0.2, -0.15) is 0 Å². The Kier molecular flexibility index (Phi) is 6.52. The van der Waals surface area contributed by atoms with Gasteiger partial charge in [0.1, 0.15) is 11.9 Å². The maximum atomic E-state index is 13.4. The molecule has 1 heterocycles. The lowest BCUT2D eigenvalue weighted by Crippen LogP contribution is -2.14. The van der Waals surface area contributed by atoms with Gasteiger partial charge in [-0.15, -0.1) is 0 Å². The molecule has 0 saturated carbocycles. The van der Waals surface area contributed by atoms with Crippen LogP contribution < -0.4 is 0 Å². The Hall–Kier alpha value is -2.23. The summed E-state index contributed by atoms with van der Waals surface area (Å²) in [4.78, 5) is 16.7. The fourth-order valence-electron chi connectivity index (χ4n) is 2.97. The summed E-state index contributed by atoms with van der Waals surface area (Å²) in [6.07, 6.45) is -0.0984. The quantitative estimate of drug-likeness (QED) is 0.582. The first-order valence-corrected chi connectivity index (χ1v) is 9.24. The van der Waals surface area contributed by atoms with Crippen molar-refractivity contribution in [1.29, 1.82) is 0 Å². The van der Waals surface area contributed by atoms with Crippen LogP contribution in [0, 0.1) is 5.82 Å². The third kappa shape index (κ3) is 4.48. The number of carbonyl (C=O) groups is 1.